The molecule has 1 aliphatic heterocycles. The standard InChI is InChI=1S/C18H15FN2O2/c19-10-4-7-12-5-3-6-13(16(12)20)11-21-15-9-2-1-8-14(15)17(22)18(21)23/h1-9H,10-11,20H2. The lowest BCUT2D eigenvalue weighted by Gasteiger charge is -2.18. The highest BCUT2D eigenvalue weighted by atomic mass is 19.1. The minimum absolute atomic E-state index is 0.199. The van der Waals surface area contributed by atoms with Crippen LogP contribution in [0.15, 0.2) is 48.5 Å². The van der Waals surface area contributed by atoms with Crippen molar-refractivity contribution in [2.75, 3.05) is 17.3 Å². The van der Waals surface area contributed by atoms with Crippen molar-refractivity contribution in [3.63, 3.8) is 0 Å². The van der Waals surface area contributed by atoms with Crippen LogP contribution in [0.3, 0.4) is 0 Å². The number of anilines is 2. The Morgan fingerprint density at radius 1 is 1.09 bits per heavy atom. The summed E-state index contributed by atoms with van der Waals surface area (Å²) in [5.74, 6) is -1.07. The summed E-state index contributed by atoms with van der Waals surface area (Å²) < 4.78 is 12.3. The molecule has 1 amide bonds. The van der Waals surface area contributed by atoms with E-state index in [4.69, 9.17) is 5.73 Å². The average molecular weight is 310 g/mol. The number of nitrogen functional groups attached to an aromatic ring is 1. The minimum Gasteiger partial charge on any atom is -0.398 e. The van der Waals surface area contributed by atoms with Crippen LogP contribution >= 0.6 is 0 Å². The third-order valence-electron chi connectivity index (χ3n) is 3.82. The smallest absolute Gasteiger partial charge is 0.299 e. The van der Waals surface area contributed by atoms with E-state index in [0.717, 1.165) is 0 Å². The lowest BCUT2D eigenvalue weighted by molar-refractivity contribution is -0.114. The zero-order valence-electron chi connectivity index (χ0n) is 12.3. The second-order valence-electron chi connectivity index (χ2n) is 5.21. The number of hydrogen-bond acceptors (Lipinski definition) is 3. The Balaban J connectivity index is 1.96. The second kappa shape index (κ2) is 6.04. The first kappa shape index (κ1) is 15.0. The second-order valence-corrected chi connectivity index (χ2v) is 5.21. The molecular weight excluding hydrogens is 295 g/mol. The normalized spacial score (nSPS) is 13.9. The molecule has 2 N–H and O–H groups in total. The van der Waals surface area contributed by atoms with E-state index in [1.165, 1.54) is 11.0 Å². The number of fused-ring (bicyclic) bond motifs is 1. The van der Waals surface area contributed by atoms with Crippen molar-refractivity contribution >= 4 is 29.1 Å². The fraction of sp³-hybridized carbons (Fsp3) is 0.111. The minimum atomic E-state index is -0.573. The molecule has 23 heavy (non-hydrogen) atoms. The maximum atomic E-state index is 12.3. The number of hydrogen-bond donors (Lipinski definition) is 1. The number of ketones is 1. The van der Waals surface area contributed by atoms with Gasteiger partial charge in [0.15, 0.2) is 0 Å². The van der Waals surface area contributed by atoms with E-state index in [2.05, 4.69) is 0 Å². The fourth-order valence-corrected chi connectivity index (χ4v) is 2.66. The van der Waals surface area contributed by atoms with Crippen LogP contribution in [0, 0.1) is 0 Å². The largest absolute Gasteiger partial charge is 0.398 e. The van der Waals surface area contributed by atoms with Gasteiger partial charge in [0, 0.05) is 5.69 Å². The van der Waals surface area contributed by atoms with Gasteiger partial charge in [0.1, 0.15) is 6.67 Å². The zero-order chi connectivity index (χ0) is 16.4. The number of alkyl halides is 1. The molecule has 1 heterocycles. The van der Waals surface area contributed by atoms with E-state index in [1.807, 2.05) is 0 Å². The molecule has 0 aliphatic carbocycles. The van der Waals surface area contributed by atoms with Gasteiger partial charge in [-0.2, -0.15) is 0 Å². The number of rotatable bonds is 4. The molecule has 0 atom stereocenters. The van der Waals surface area contributed by atoms with E-state index in [-0.39, 0.29) is 6.54 Å². The first-order chi connectivity index (χ1) is 11.1. The molecule has 0 aromatic heterocycles. The third kappa shape index (κ3) is 2.61. The molecule has 0 fully saturated rings. The molecule has 1 aliphatic rings. The summed E-state index contributed by atoms with van der Waals surface area (Å²) in [6.45, 7) is -0.374. The lowest BCUT2D eigenvalue weighted by atomic mass is 10.1. The number of benzene rings is 2. The summed E-state index contributed by atoms with van der Waals surface area (Å²) in [5, 5.41) is 0. The van der Waals surface area contributed by atoms with Crippen molar-refractivity contribution in [2.24, 2.45) is 0 Å². The van der Waals surface area contributed by atoms with E-state index >= 15 is 0 Å². The van der Waals surface area contributed by atoms with Crippen LogP contribution in [0.1, 0.15) is 21.5 Å². The topological polar surface area (TPSA) is 63.4 Å². The number of nitrogens with zero attached hydrogens (tertiary/aromatic N) is 1. The molecule has 0 saturated carbocycles. The Morgan fingerprint density at radius 3 is 2.65 bits per heavy atom. The van der Waals surface area contributed by atoms with Crippen LogP contribution in [-0.2, 0) is 11.3 Å². The molecule has 4 nitrogen and oxygen atoms in total. The van der Waals surface area contributed by atoms with Crippen molar-refractivity contribution in [3.05, 3.63) is 65.2 Å². The summed E-state index contributed by atoms with van der Waals surface area (Å²) in [6.07, 6.45) is 2.97. The quantitative estimate of drug-likeness (QED) is 0.697. The molecule has 116 valence electrons. The van der Waals surface area contributed by atoms with Crippen molar-refractivity contribution in [3.8, 4) is 0 Å². The van der Waals surface area contributed by atoms with Crippen molar-refractivity contribution in [1.29, 1.82) is 0 Å². The summed E-state index contributed by atoms with van der Waals surface area (Å²) in [4.78, 5) is 25.6. The first-order valence-electron chi connectivity index (χ1n) is 7.18. The number of nitrogens with two attached hydrogens (primary N) is 1. The van der Waals surface area contributed by atoms with Gasteiger partial charge in [-0.1, -0.05) is 42.5 Å². The average Bonchev–Trinajstić information content (AvgIpc) is 2.81. The van der Waals surface area contributed by atoms with Gasteiger partial charge in [0.25, 0.3) is 11.7 Å². The molecule has 0 saturated heterocycles. The molecule has 2 aromatic carbocycles. The van der Waals surface area contributed by atoms with Gasteiger partial charge in [0.05, 0.1) is 17.8 Å². The summed E-state index contributed by atoms with van der Waals surface area (Å²) in [6, 6.07) is 12.2. The molecule has 0 unspecified atom stereocenters. The third-order valence-corrected chi connectivity index (χ3v) is 3.82. The van der Waals surface area contributed by atoms with Crippen LogP contribution < -0.4 is 10.6 Å². The van der Waals surface area contributed by atoms with Gasteiger partial charge in [-0.3, -0.25) is 9.59 Å². The molecule has 2 aromatic rings. The predicted octanol–water partition coefficient (Wildman–Crippen LogP) is 2.98. The molecule has 0 radical (unpaired) electrons. The van der Waals surface area contributed by atoms with Gasteiger partial charge in [-0.25, -0.2) is 4.39 Å². The summed E-state index contributed by atoms with van der Waals surface area (Å²) in [7, 11) is 0. The number of Topliss-reactive ketones (excluding diaryl/α,β-unsaturated/α-hetero) is 1. The van der Waals surface area contributed by atoms with Crippen molar-refractivity contribution < 1.29 is 14.0 Å². The van der Waals surface area contributed by atoms with E-state index in [0.29, 0.717) is 28.1 Å². The Morgan fingerprint density at radius 2 is 1.87 bits per heavy atom. The van der Waals surface area contributed by atoms with Crippen LogP contribution in [0.5, 0.6) is 0 Å². The van der Waals surface area contributed by atoms with Gasteiger partial charge in [-0.05, 0) is 23.3 Å². The fourth-order valence-electron chi connectivity index (χ4n) is 2.66. The summed E-state index contributed by atoms with van der Waals surface area (Å²) >= 11 is 0. The molecule has 0 spiro atoms. The molecule has 3 rings (SSSR count). The van der Waals surface area contributed by atoms with Gasteiger partial charge in [0.2, 0.25) is 0 Å². The maximum absolute atomic E-state index is 12.3. The van der Waals surface area contributed by atoms with Crippen LogP contribution in [0.25, 0.3) is 6.08 Å². The molecular formula is C18H15FN2O2. The Bertz CT molecular complexity index is 814. The number of para-hydroxylation sites is 2. The first-order valence-corrected chi connectivity index (χ1v) is 7.18. The van der Waals surface area contributed by atoms with Gasteiger partial charge >= 0.3 is 0 Å². The maximum Gasteiger partial charge on any atom is 0.299 e. The van der Waals surface area contributed by atoms with Crippen molar-refractivity contribution in [1.82, 2.24) is 0 Å². The monoisotopic (exact) mass is 310 g/mol. The Labute approximate surface area is 133 Å². The highest BCUT2D eigenvalue weighted by molar-refractivity contribution is 6.52. The molecule has 5 heteroatoms. The Kier molecular flexibility index (Phi) is 3.93. The zero-order valence-corrected chi connectivity index (χ0v) is 12.3. The van der Waals surface area contributed by atoms with Crippen LogP contribution in [-0.4, -0.2) is 18.4 Å². The summed E-state index contributed by atoms with van der Waals surface area (Å²) in [5.41, 5.74) is 8.97. The predicted molar refractivity (Wildman–Crippen MR) is 87.8 cm³/mol. The van der Waals surface area contributed by atoms with E-state index < -0.39 is 18.4 Å². The molecule has 0 bridgehead atoms. The van der Waals surface area contributed by atoms with Crippen LogP contribution in [0.2, 0.25) is 0 Å². The van der Waals surface area contributed by atoms with E-state index in [1.54, 1.807) is 48.5 Å². The van der Waals surface area contributed by atoms with Crippen LogP contribution in [0.4, 0.5) is 15.8 Å². The SMILES string of the molecule is Nc1c(C=CCF)cccc1CN1C(=O)C(=O)c2ccccc21. The number of carbonyl (C=O) groups excluding carboxylic acids is 2. The number of allylic oxidation sites excluding steroid dienone is 1. The lowest BCUT2D eigenvalue weighted by Crippen LogP contribution is -2.29. The van der Waals surface area contributed by atoms with Gasteiger partial charge in [-0.15, -0.1) is 0 Å². The highest BCUT2D eigenvalue weighted by Crippen LogP contribution is 2.31. The highest BCUT2D eigenvalue weighted by Gasteiger charge is 2.35. The number of halogens is 1. The number of amides is 1. The van der Waals surface area contributed by atoms with Gasteiger partial charge < -0.3 is 10.6 Å². The van der Waals surface area contributed by atoms with Crippen molar-refractivity contribution in [2.45, 2.75) is 6.54 Å². The number of carbonyl (C=O) groups is 2. The van der Waals surface area contributed by atoms with E-state index in [9.17, 15) is 14.0 Å². The Hall–Kier alpha value is -2.95.